The van der Waals surface area contributed by atoms with Gasteiger partial charge < -0.3 is 18.6 Å². The van der Waals surface area contributed by atoms with Gasteiger partial charge in [-0.2, -0.15) is 0 Å². The zero-order chi connectivity index (χ0) is 22.7. The van der Waals surface area contributed by atoms with E-state index in [2.05, 4.69) is 104 Å². The summed E-state index contributed by atoms with van der Waals surface area (Å²) in [4.78, 5) is 0. The monoisotopic (exact) mass is 436 g/mol. The second-order valence-electron chi connectivity index (χ2n) is 10.8. The van der Waals surface area contributed by atoms with Gasteiger partial charge in [0.2, 0.25) is 0 Å². The molecule has 0 unspecified atom stereocenters. The lowest BCUT2D eigenvalue weighted by atomic mass is 9.79. The standard InChI is InChI=1S/C24H34B2O4Si/c1-21(2)22(3,4)28-25(27-21)17-11-9-13-19(15-17)31-20-14-10-12-18(16-20)26-29-23(5,6)24(7,8)30-26/h9-16H,31H2,1-8H3. The third-order valence-corrected chi connectivity index (χ3v) is 9.06. The molecule has 0 aromatic heterocycles. The van der Waals surface area contributed by atoms with Gasteiger partial charge in [-0.3, -0.25) is 0 Å². The molecule has 2 fully saturated rings. The molecule has 7 heteroatoms. The van der Waals surface area contributed by atoms with Crippen molar-refractivity contribution in [2.24, 2.45) is 0 Å². The lowest BCUT2D eigenvalue weighted by Crippen LogP contribution is -2.41. The fourth-order valence-electron chi connectivity index (χ4n) is 3.89. The molecule has 0 saturated carbocycles. The van der Waals surface area contributed by atoms with E-state index in [1.807, 2.05) is 0 Å². The van der Waals surface area contributed by atoms with Crippen LogP contribution in [0.5, 0.6) is 0 Å². The second kappa shape index (κ2) is 7.60. The van der Waals surface area contributed by atoms with E-state index in [1.165, 1.54) is 10.4 Å². The summed E-state index contributed by atoms with van der Waals surface area (Å²) < 4.78 is 25.0. The van der Waals surface area contributed by atoms with Crippen molar-refractivity contribution in [1.82, 2.24) is 0 Å². The van der Waals surface area contributed by atoms with Crippen molar-refractivity contribution in [1.29, 1.82) is 0 Å². The van der Waals surface area contributed by atoms with Crippen LogP contribution in [0.1, 0.15) is 55.4 Å². The Kier molecular flexibility index (Phi) is 5.59. The summed E-state index contributed by atoms with van der Waals surface area (Å²) >= 11 is 0. The van der Waals surface area contributed by atoms with Gasteiger partial charge in [-0.15, -0.1) is 0 Å². The van der Waals surface area contributed by atoms with Gasteiger partial charge in [0.15, 0.2) is 0 Å². The molecule has 0 amide bonds. The van der Waals surface area contributed by atoms with Crippen LogP contribution >= 0.6 is 0 Å². The molecule has 0 aliphatic carbocycles. The quantitative estimate of drug-likeness (QED) is 0.680. The summed E-state index contributed by atoms with van der Waals surface area (Å²) in [5, 5.41) is 2.72. The Labute approximate surface area is 190 Å². The van der Waals surface area contributed by atoms with Gasteiger partial charge in [0, 0.05) is 0 Å². The number of hydrogen-bond acceptors (Lipinski definition) is 4. The summed E-state index contributed by atoms with van der Waals surface area (Å²) in [6.45, 7) is 16.7. The van der Waals surface area contributed by atoms with Gasteiger partial charge in [-0.05, 0) is 66.3 Å². The molecular formula is C24H34B2O4Si. The highest BCUT2D eigenvalue weighted by atomic mass is 28.2. The predicted molar refractivity (Wildman–Crippen MR) is 132 cm³/mol. The molecule has 2 aromatic carbocycles. The van der Waals surface area contributed by atoms with E-state index >= 15 is 0 Å². The minimum atomic E-state index is -0.664. The summed E-state index contributed by atoms with van der Waals surface area (Å²) in [6, 6.07) is 17.3. The number of benzene rings is 2. The SMILES string of the molecule is CC1(C)OB(c2cccc([SiH2]c3cccc(B4OC(C)(C)C(C)(C)O4)c3)c2)OC1(C)C. The number of rotatable bonds is 4. The number of hydrogen-bond donors (Lipinski definition) is 0. The lowest BCUT2D eigenvalue weighted by Gasteiger charge is -2.32. The third-order valence-electron chi connectivity index (χ3n) is 7.36. The second-order valence-corrected chi connectivity index (χ2v) is 12.8. The average Bonchev–Trinajstić information content (AvgIpc) is 3.02. The van der Waals surface area contributed by atoms with Crippen LogP contribution in [0, 0.1) is 0 Å². The highest BCUT2D eigenvalue weighted by molar-refractivity contribution is 6.70. The van der Waals surface area contributed by atoms with E-state index < -0.39 is 9.52 Å². The van der Waals surface area contributed by atoms with Crippen molar-refractivity contribution in [3.8, 4) is 0 Å². The molecular weight excluding hydrogens is 402 g/mol. The molecule has 0 spiro atoms. The van der Waals surface area contributed by atoms with Gasteiger partial charge in [0.25, 0.3) is 0 Å². The zero-order valence-corrected chi connectivity index (χ0v) is 21.5. The maximum atomic E-state index is 6.24. The Morgan fingerprint density at radius 2 is 0.871 bits per heavy atom. The van der Waals surface area contributed by atoms with Crippen molar-refractivity contribution < 1.29 is 18.6 Å². The first-order valence-electron chi connectivity index (χ1n) is 11.2. The largest absolute Gasteiger partial charge is 0.494 e. The third kappa shape index (κ3) is 4.31. The fourth-order valence-corrected chi connectivity index (χ4v) is 5.55. The van der Waals surface area contributed by atoms with Crippen molar-refractivity contribution in [2.45, 2.75) is 77.8 Å². The summed E-state index contributed by atoms with van der Waals surface area (Å²) in [6.07, 6.45) is 0. The van der Waals surface area contributed by atoms with Crippen molar-refractivity contribution in [3.05, 3.63) is 48.5 Å². The van der Waals surface area contributed by atoms with Crippen LogP contribution in [-0.4, -0.2) is 46.2 Å². The van der Waals surface area contributed by atoms with Crippen LogP contribution in [0.4, 0.5) is 0 Å². The van der Waals surface area contributed by atoms with Crippen LogP contribution in [0.15, 0.2) is 48.5 Å². The smallest absolute Gasteiger partial charge is 0.399 e. The normalized spacial score (nSPS) is 23.4. The maximum absolute atomic E-state index is 6.24. The molecule has 31 heavy (non-hydrogen) atoms. The molecule has 164 valence electrons. The average molecular weight is 436 g/mol. The van der Waals surface area contributed by atoms with Gasteiger partial charge in [-0.1, -0.05) is 58.9 Å². The molecule has 2 aliphatic heterocycles. The summed E-state index contributed by atoms with van der Waals surface area (Å²) in [5.41, 5.74) is 0.853. The van der Waals surface area contributed by atoms with E-state index in [0.29, 0.717) is 0 Å². The molecule has 4 rings (SSSR count). The van der Waals surface area contributed by atoms with E-state index in [9.17, 15) is 0 Å². The van der Waals surface area contributed by atoms with Crippen LogP contribution in [0.2, 0.25) is 0 Å². The first kappa shape index (κ1) is 22.8. The van der Waals surface area contributed by atoms with E-state index in [-0.39, 0.29) is 36.6 Å². The Hall–Kier alpha value is -1.37. The van der Waals surface area contributed by atoms with Gasteiger partial charge in [0.05, 0.1) is 31.9 Å². The Balaban J connectivity index is 1.51. The van der Waals surface area contributed by atoms with Gasteiger partial charge in [-0.25, -0.2) is 0 Å². The molecule has 2 aromatic rings. The highest BCUT2D eigenvalue weighted by Gasteiger charge is 2.52. The molecule has 2 saturated heterocycles. The van der Waals surface area contributed by atoms with E-state index in [1.54, 1.807) is 0 Å². The van der Waals surface area contributed by atoms with Crippen LogP contribution < -0.4 is 21.3 Å². The Morgan fingerprint density at radius 3 is 1.19 bits per heavy atom. The topological polar surface area (TPSA) is 36.9 Å². The molecule has 4 nitrogen and oxygen atoms in total. The highest BCUT2D eigenvalue weighted by Crippen LogP contribution is 2.37. The van der Waals surface area contributed by atoms with Crippen LogP contribution in [0.3, 0.4) is 0 Å². The van der Waals surface area contributed by atoms with Crippen LogP contribution in [0.25, 0.3) is 0 Å². The predicted octanol–water partition coefficient (Wildman–Crippen LogP) is 1.40. The first-order valence-corrected chi connectivity index (χ1v) is 12.6. The van der Waals surface area contributed by atoms with Crippen molar-refractivity contribution >= 4 is 45.1 Å². The Bertz CT molecular complexity index is 864. The molecule has 0 atom stereocenters. The maximum Gasteiger partial charge on any atom is 0.494 e. The molecule has 0 bridgehead atoms. The zero-order valence-electron chi connectivity index (χ0n) is 20.1. The van der Waals surface area contributed by atoms with Gasteiger partial charge >= 0.3 is 14.2 Å². The molecule has 0 N–H and O–H groups in total. The minimum Gasteiger partial charge on any atom is -0.399 e. The minimum absolute atomic E-state index is 0.324. The van der Waals surface area contributed by atoms with Crippen molar-refractivity contribution in [2.75, 3.05) is 0 Å². The molecule has 0 radical (unpaired) electrons. The van der Waals surface area contributed by atoms with Crippen molar-refractivity contribution in [3.63, 3.8) is 0 Å². The van der Waals surface area contributed by atoms with Gasteiger partial charge in [0.1, 0.15) is 0 Å². The van der Waals surface area contributed by atoms with E-state index in [0.717, 1.165) is 10.9 Å². The molecule has 2 aliphatic rings. The molecule has 2 heterocycles. The summed E-state index contributed by atoms with van der Waals surface area (Å²) in [5.74, 6) is 0. The fraction of sp³-hybridized carbons (Fsp3) is 0.500. The summed E-state index contributed by atoms with van der Waals surface area (Å²) in [7, 11) is -1.31. The first-order chi connectivity index (χ1) is 14.3. The lowest BCUT2D eigenvalue weighted by molar-refractivity contribution is 0.00578. The van der Waals surface area contributed by atoms with Crippen LogP contribution in [-0.2, 0) is 18.6 Å². The van der Waals surface area contributed by atoms with E-state index in [4.69, 9.17) is 18.6 Å². The Morgan fingerprint density at radius 1 is 0.548 bits per heavy atom.